The number of hydrogen-bond donors (Lipinski definition) is 3. The SMILES string of the molecule is CS(=O)(=O)Nc1ccc(NC(=O)c2ccc3c(c2)NC(=O)CCS3)cc1. The van der Waals surface area contributed by atoms with Crippen LogP contribution in [0.2, 0.25) is 0 Å². The Morgan fingerprint density at radius 3 is 2.50 bits per heavy atom. The molecule has 0 bridgehead atoms. The number of rotatable bonds is 4. The molecule has 9 heteroatoms. The van der Waals surface area contributed by atoms with E-state index in [2.05, 4.69) is 15.4 Å². The Morgan fingerprint density at radius 2 is 1.81 bits per heavy atom. The van der Waals surface area contributed by atoms with Crippen molar-refractivity contribution in [2.45, 2.75) is 11.3 Å². The van der Waals surface area contributed by atoms with Crippen LogP contribution < -0.4 is 15.4 Å². The fourth-order valence-electron chi connectivity index (χ4n) is 2.40. The summed E-state index contributed by atoms with van der Waals surface area (Å²) >= 11 is 1.57. The van der Waals surface area contributed by atoms with E-state index in [-0.39, 0.29) is 11.8 Å². The molecule has 1 heterocycles. The summed E-state index contributed by atoms with van der Waals surface area (Å²) < 4.78 is 24.8. The molecule has 0 aliphatic carbocycles. The smallest absolute Gasteiger partial charge is 0.255 e. The van der Waals surface area contributed by atoms with Crippen molar-refractivity contribution in [3.05, 3.63) is 48.0 Å². The first-order valence-electron chi connectivity index (χ1n) is 7.76. The first kappa shape index (κ1) is 18.3. The molecule has 2 aromatic rings. The number of carbonyl (C=O) groups excluding carboxylic acids is 2. The maximum absolute atomic E-state index is 12.4. The number of nitrogens with one attached hydrogen (secondary N) is 3. The van der Waals surface area contributed by atoms with Gasteiger partial charge in [-0.1, -0.05) is 0 Å². The van der Waals surface area contributed by atoms with E-state index in [1.807, 2.05) is 6.07 Å². The van der Waals surface area contributed by atoms with E-state index in [0.29, 0.717) is 34.8 Å². The van der Waals surface area contributed by atoms with E-state index in [4.69, 9.17) is 0 Å². The van der Waals surface area contributed by atoms with Crippen LogP contribution in [0.15, 0.2) is 47.4 Å². The van der Waals surface area contributed by atoms with Crippen molar-refractivity contribution in [3.63, 3.8) is 0 Å². The topological polar surface area (TPSA) is 104 Å². The van der Waals surface area contributed by atoms with E-state index < -0.39 is 10.0 Å². The molecule has 2 amide bonds. The highest BCUT2D eigenvalue weighted by Crippen LogP contribution is 2.31. The molecule has 2 aromatic carbocycles. The zero-order valence-electron chi connectivity index (χ0n) is 13.9. The first-order chi connectivity index (χ1) is 12.3. The summed E-state index contributed by atoms with van der Waals surface area (Å²) in [6, 6.07) is 11.5. The highest BCUT2D eigenvalue weighted by molar-refractivity contribution is 7.99. The van der Waals surface area contributed by atoms with Crippen molar-refractivity contribution in [2.24, 2.45) is 0 Å². The average Bonchev–Trinajstić information content (AvgIpc) is 2.75. The normalized spacial score (nSPS) is 14.0. The van der Waals surface area contributed by atoms with Gasteiger partial charge in [0.2, 0.25) is 15.9 Å². The maximum Gasteiger partial charge on any atom is 0.255 e. The molecule has 0 radical (unpaired) electrons. The van der Waals surface area contributed by atoms with Gasteiger partial charge in [0.15, 0.2) is 0 Å². The Balaban J connectivity index is 1.73. The number of benzene rings is 2. The largest absolute Gasteiger partial charge is 0.325 e. The monoisotopic (exact) mass is 391 g/mol. The minimum absolute atomic E-state index is 0.0669. The van der Waals surface area contributed by atoms with Gasteiger partial charge in [-0.25, -0.2) is 8.42 Å². The maximum atomic E-state index is 12.4. The summed E-state index contributed by atoms with van der Waals surface area (Å²) in [6.07, 6.45) is 1.51. The molecule has 1 aliphatic heterocycles. The fourth-order valence-corrected chi connectivity index (χ4v) is 3.90. The number of hydrogen-bond acceptors (Lipinski definition) is 5. The molecule has 7 nitrogen and oxygen atoms in total. The van der Waals surface area contributed by atoms with Crippen LogP contribution in [0.25, 0.3) is 0 Å². The second-order valence-corrected chi connectivity index (χ2v) is 8.65. The molecule has 0 unspecified atom stereocenters. The zero-order chi connectivity index (χ0) is 18.7. The third kappa shape index (κ3) is 4.77. The Bertz CT molecular complexity index is 956. The minimum Gasteiger partial charge on any atom is -0.325 e. The average molecular weight is 391 g/mol. The van der Waals surface area contributed by atoms with E-state index in [1.165, 1.54) is 0 Å². The van der Waals surface area contributed by atoms with E-state index in [9.17, 15) is 18.0 Å². The van der Waals surface area contributed by atoms with Crippen LogP contribution >= 0.6 is 11.8 Å². The lowest BCUT2D eigenvalue weighted by atomic mass is 10.1. The third-order valence-electron chi connectivity index (χ3n) is 3.55. The van der Waals surface area contributed by atoms with Crippen LogP contribution in [-0.4, -0.2) is 32.2 Å². The van der Waals surface area contributed by atoms with Crippen molar-refractivity contribution in [3.8, 4) is 0 Å². The van der Waals surface area contributed by atoms with Crippen molar-refractivity contribution < 1.29 is 18.0 Å². The van der Waals surface area contributed by atoms with E-state index in [1.54, 1.807) is 48.2 Å². The van der Waals surface area contributed by atoms with Crippen LogP contribution in [0, 0.1) is 0 Å². The molecule has 0 fully saturated rings. The number of sulfonamides is 1. The van der Waals surface area contributed by atoms with Gasteiger partial charge in [0.25, 0.3) is 5.91 Å². The second kappa shape index (κ2) is 7.38. The van der Waals surface area contributed by atoms with Gasteiger partial charge in [-0.3, -0.25) is 14.3 Å². The van der Waals surface area contributed by atoms with Gasteiger partial charge in [0.05, 0.1) is 11.9 Å². The molecule has 136 valence electrons. The van der Waals surface area contributed by atoms with Crippen molar-refractivity contribution in [1.29, 1.82) is 0 Å². The molecule has 0 aromatic heterocycles. The molecule has 3 N–H and O–H groups in total. The van der Waals surface area contributed by atoms with Crippen molar-refractivity contribution in [2.75, 3.05) is 27.4 Å². The van der Waals surface area contributed by atoms with Gasteiger partial charge in [-0.05, 0) is 42.5 Å². The Labute approximate surface area is 155 Å². The number of amides is 2. The molecular weight excluding hydrogens is 374 g/mol. The molecule has 26 heavy (non-hydrogen) atoms. The lowest BCUT2D eigenvalue weighted by molar-refractivity contribution is -0.115. The van der Waals surface area contributed by atoms with Gasteiger partial charge in [-0.15, -0.1) is 11.8 Å². The van der Waals surface area contributed by atoms with Crippen LogP contribution in [0.1, 0.15) is 16.8 Å². The molecule has 3 rings (SSSR count). The second-order valence-electron chi connectivity index (χ2n) is 5.76. The predicted octanol–water partition coefficient (Wildman–Crippen LogP) is 2.74. The zero-order valence-corrected chi connectivity index (χ0v) is 15.5. The number of carbonyl (C=O) groups is 2. The number of anilines is 3. The summed E-state index contributed by atoms with van der Waals surface area (Å²) in [6.45, 7) is 0. The van der Waals surface area contributed by atoms with Crippen LogP contribution in [0.3, 0.4) is 0 Å². The van der Waals surface area contributed by atoms with Crippen LogP contribution in [0.5, 0.6) is 0 Å². The highest BCUT2D eigenvalue weighted by Gasteiger charge is 2.16. The summed E-state index contributed by atoms with van der Waals surface area (Å²) in [7, 11) is -3.35. The lowest BCUT2D eigenvalue weighted by Gasteiger charge is -2.10. The van der Waals surface area contributed by atoms with E-state index in [0.717, 1.165) is 11.2 Å². The van der Waals surface area contributed by atoms with E-state index >= 15 is 0 Å². The number of thioether (sulfide) groups is 1. The molecule has 0 saturated heterocycles. The summed E-state index contributed by atoms with van der Waals surface area (Å²) in [5.74, 6) is 0.320. The Kier molecular flexibility index (Phi) is 5.19. The van der Waals surface area contributed by atoms with Gasteiger partial charge in [0.1, 0.15) is 0 Å². The first-order valence-corrected chi connectivity index (χ1v) is 10.6. The van der Waals surface area contributed by atoms with Crippen LogP contribution in [0.4, 0.5) is 17.1 Å². The molecule has 0 atom stereocenters. The van der Waals surface area contributed by atoms with Crippen LogP contribution in [-0.2, 0) is 14.8 Å². The summed E-state index contributed by atoms with van der Waals surface area (Å²) in [5, 5.41) is 5.55. The van der Waals surface area contributed by atoms with Gasteiger partial charge < -0.3 is 10.6 Å². The van der Waals surface area contributed by atoms with Gasteiger partial charge in [0, 0.05) is 34.0 Å². The Hall–Kier alpha value is -2.52. The van der Waals surface area contributed by atoms with Crippen molar-refractivity contribution >= 4 is 50.7 Å². The minimum atomic E-state index is -3.35. The molecule has 1 aliphatic rings. The standard InChI is InChI=1S/C17H17N3O4S2/c1-26(23,24)20-13-5-3-12(4-6-13)18-17(22)11-2-7-15-14(10-11)19-16(21)8-9-25-15/h2-7,10,20H,8-9H2,1H3,(H,18,22)(H,19,21). The summed E-state index contributed by atoms with van der Waals surface area (Å²) in [5.41, 5.74) is 2.00. The molecular formula is C17H17N3O4S2. The van der Waals surface area contributed by atoms with Crippen molar-refractivity contribution in [1.82, 2.24) is 0 Å². The molecule has 0 saturated carbocycles. The molecule has 0 spiro atoms. The highest BCUT2D eigenvalue weighted by atomic mass is 32.2. The Morgan fingerprint density at radius 1 is 1.12 bits per heavy atom. The fraction of sp³-hybridized carbons (Fsp3) is 0.176. The third-order valence-corrected chi connectivity index (χ3v) is 5.23. The predicted molar refractivity (Wildman–Crippen MR) is 103 cm³/mol. The lowest BCUT2D eigenvalue weighted by Crippen LogP contribution is -2.14. The quantitative estimate of drug-likeness (QED) is 0.743. The van der Waals surface area contributed by atoms with Gasteiger partial charge in [-0.2, -0.15) is 0 Å². The van der Waals surface area contributed by atoms with Gasteiger partial charge >= 0.3 is 0 Å². The number of fused-ring (bicyclic) bond motifs is 1. The summed E-state index contributed by atoms with van der Waals surface area (Å²) in [4.78, 5) is 25.0.